The van der Waals surface area contributed by atoms with Gasteiger partial charge in [0.2, 0.25) is 0 Å². The second-order valence-corrected chi connectivity index (χ2v) is 14.1. The van der Waals surface area contributed by atoms with E-state index in [1.54, 1.807) is 0 Å². The van der Waals surface area contributed by atoms with Crippen LogP contribution in [0.3, 0.4) is 0 Å². The normalized spacial score (nSPS) is 12.5. The first-order valence-electron chi connectivity index (χ1n) is 11.2. The Kier molecular flexibility index (Phi) is 20.6. The number of hydrogen-bond donors (Lipinski definition) is 0. The number of hydrogen-bond acceptors (Lipinski definition) is 2. The topological polar surface area (TPSA) is 22.3 Å². The fourth-order valence-electron chi connectivity index (χ4n) is 3.51. The maximum Gasteiger partial charge on any atom is 4.00 e. The molecule has 31 heavy (non-hydrogen) atoms. The van der Waals surface area contributed by atoms with Gasteiger partial charge in [0.15, 0.2) is 0 Å². The number of nitrogens with zero attached hydrogens (tertiary/aromatic N) is 1. The molecule has 1 nitrogen and oxygen atoms in total. The Morgan fingerprint density at radius 1 is 0.581 bits per heavy atom. The second kappa shape index (κ2) is 19.3. The molecule has 0 spiro atoms. The Balaban J connectivity index is 0. The average molecular weight is 511 g/mol. The molecule has 1 aliphatic rings. The van der Waals surface area contributed by atoms with Gasteiger partial charge in [-0.05, 0) is 17.0 Å². The van der Waals surface area contributed by atoms with Gasteiger partial charge in [-0.3, -0.25) is 0 Å². The molecule has 1 saturated carbocycles. The van der Waals surface area contributed by atoms with E-state index in [4.69, 9.17) is 25.3 Å². The summed E-state index contributed by atoms with van der Waals surface area (Å²) in [5, 5.41) is 10.4. The SMILES string of the molecule is C1CCCC1.CC(C)P(=[N-])(C(C)C)C(C)C.[S-]c1ccccc1.[S-]c1ccccc1.[Ti+4]. The molecule has 2 aromatic rings. The second-order valence-electron chi connectivity index (χ2n) is 8.47. The molecule has 0 atom stereocenters. The smallest absolute Gasteiger partial charge is 0.807 e. The number of rotatable bonds is 3. The van der Waals surface area contributed by atoms with Crippen molar-refractivity contribution in [2.24, 2.45) is 0 Å². The molecule has 0 N–H and O–H groups in total. The van der Waals surface area contributed by atoms with E-state index >= 15 is 0 Å². The molecule has 170 valence electrons. The quantitative estimate of drug-likeness (QED) is 0.233. The molecule has 3 rings (SSSR count). The predicted octanol–water partition coefficient (Wildman–Crippen LogP) is 9.12. The maximum absolute atomic E-state index is 10.4. The van der Waals surface area contributed by atoms with Gasteiger partial charge in [0.1, 0.15) is 0 Å². The zero-order valence-electron chi connectivity index (χ0n) is 20.3. The summed E-state index contributed by atoms with van der Waals surface area (Å²) in [6.07, 6.45) is 7.50. The van der Waals surface area contributed by atoms with Gasteiger partial charge in [0.25, 0.3) is 0 Å². The molecule has 1 fully saturated rings. The van der Waals surface area contributed by atoms with Crippen molar-refractivity contribution in [2.75, 3.05) is 0 Å². The van der Waals surface area contributed by atoms with Crippen LogP contribution in [0.15, 0.2) is 70.5 Å². The molecule has 0 amide bonds. The van der Waals surface area contributed by atoms with E-state index in [0.29, 0.717) is 17.0 Å². The Morgan fingerprint density at radius 2 is 0.806 bits per heavy atom. The van der Waals surface area contributed by atoms with Gasteiger partial charge < -0.3 is 30.4 Å². The van der Waals surface area contributed by atoms with Crippen LogP contribution in [-0.2, 0) is 47.0 Å². The van der Waals surface area contributed by atoms with Crippen LogP contribution < -0.4 is 0 Å². The maximum atomic E-state index is 10.4. The molecule has 0 aromatic heterocycles. The summed E-state index contributed by atoms with van der Waals surface area (Å²) in [5.74, 6) is 0. The molecule has 0 radical (unpaired) electrons. The van der Waals surface area contributed by atoms with E-state index in [0.717, 1.165) is 9.79 Å². The first kappa shape index (κ1) is 33.0. The minimum absolute atomic E-state index is 0. The summed E-state index contributed by atoms with van der Waals surface area (Å²) >= 11 is 9.62. The van der Waals surface area contributed by atoms with Crippen molar-refractivity contribution in [1.82, 2.24) is 0 Å². The third-order valence-electron chi connectivity index (χ3n) is 5.22. The summed E-state index contributed by atoms with van der Waals surface area (Å²) in [5.41, 5.74) is 1.34. The van der Waals surface area contributed by atoms with Gasteiger partial charge >= 0.3 is 21.7 Å². The van der Waals surface area contributed by atoms with E-state index < -0.39 is 7.05 Å². The summed E-state index contributed by atoms with van der Waals surface area (Å²) in [4.78, 5) is 1.81. The first-order chi connectivity index (χ1) is 14.1. The van der Waals surface area contributed by atoms with Gasteiger partial charge in [-0.2, -0.15) is 9.79 Å². The minimum atomic E-state index is -1.69. The first-order valence-corrected chi connectivity index (χ1v) is 13.9. The summed E-state index contributed by atoms with van der Waals surface area (Å²) in [7, 11) is -1.69. The zero-order chi connectivity index (χ0) is 23.0. The largest absolute Gasteiger partial charge is 4.00 e. The van der Waals surface area contributed by atoms with Gasteiger partial charge in [0, 0.05) is 0 Å². The molecule has 5 heteroatoms. The van der Waals surface area contributed by atoms with Crippen molar-refractivity contribution in [1.29, 1.82) is 0 Å². The van der Waals surface area contributed by atoms with Crippen LogP contribution in [-0.4, -0.2) is 17.0 Å². The van der Waals surface area contributed by atoms with Crippen LogP contribution in [0.25, 0.3) is 5.16 Å². The summed E-state index contributed by atoms with van der Waals surface area (Å²) < 4.78 is 0. The van der Waals surface area contributed by atoms with Gasteiger partial charge in [-0.1, -0.05) is 134 Å². The monoisotopic (exact) mass is 510 g/mol. The Hall–Kier alpha value is -0.176. The number of benzene rings is 2. The van der Waals surface area contributed by atoms with E-state index in [-0.39, 0.29) is 21.7 Å². The van der Waals surface area contributed by atoms with E-state index in [1.807, 2.05) is 60.7 Å². The van der Waals surface area contributed by atoms with E-state index in [2.05, 4.69) is 41.5 Å². The van der Waals surface area contributed by atoms with Crippen LogP contribution in [0.5, 0.6) is 0 Å². The fourth-order valence-corrected chi connectivity index (χ4v) is 7.41. The van der Waals surface area contributed by atoms with Crippen LogP contribution >= 0.6 is 7.05 Å². The third-order valence-corrected chi connectivity index (χ3v) is 10.7. The van der Waals surface area contributed by atoms with Crippen molar-refractivity contribution in [2.45, 2.75) is 100 Å². The van der Waals surface area contributed by atoms with Gasteiger partial charge in [-0.25, -0.2) is 7.05 Å². The molecule has 2 aromatic carbocycles. The molecular weight excluding hydrogens is 469 g/mol. The van der Waals surface area contributed by atoms with E-state index in [9.17, 15) is 5.16 Å². The van der Waals surface area contributed by atoms with Gasteiger partial charge in [-0.15, -0.1) is 0 Å². The fraction of sp³-hybridized carbons (Fsp3) is 0.538. The van der Waals surface area contributed by atoms with Crippen molar-refractivity contribution in [3.63, 3.8) is 0 Å². The average Bonchev–Trinajstić information content (AvgIpc) is 3.29. The van der Waals surface area contributed by atoms with Crippen molar-refractivity contribution < 1.29 is 21.7 Å². The summed E-state index contributed by atoms with van der Waals surface area (Å²) in [6.45, 7) is 12.8. The van der Waals surface area contributed by atoms with Crippen LogP contribution in [0.4, 0.5) is 0 Å². The van der Waals surface area contributed by atoms with Crippen LogP contribution in [0.1, 0.15) is 73.6 Å². The molecule has 0 heterocycles. The molecule has 0 unspecified atom stereocenters. The molecular formula is C26H41NPS2Ti+. The Bertz CT molecular complexity index is 613. The molecule has 1 aliphatic carbocycles. The molecule has 0 aliphatic heterocycles. The summed E-state index contributed by atoms with van der Waals surface area (Å²) in [6, 6.07) is 19.2. The minimum Gasteiger partial charge on any atom is -0.807 e. The van der Waals surface area contributed by atoms with Gasteiger partial charge in [0.05, 0.1) is 0 Å². The van der Waals surface area contributed by atoms with Crippen molar-refractivity contribution in [3.8, 4) is 0 Å². The third kappa shape index (κ3) is 15.3. The zero-order valence-corrected chi connectivity index (χ0v) is 24.3. The molecule has 0 saturated heterocycles. The van der Waals surface area contributed by atoms with Crippen molar-refractivity contribution in [3.05, 3.63) is 65.8 Å². The van der Waals surface area contributed by atoms with Crippen molar-refractivity contribution >= 4 is 32.3 Å². The van der Waals surface area contributed by atoms with Crippen LogP contribution in [0.2, 0.25) is 0 Å². The molecule has 0 bridgehead atoms. The Morgan fingerprint density at radius 3 is 0.903 bits per heavy atom. The Labute approximate surface area is 219 Å². The predicted molar refractivity (Wildman–Crippen MR) is 143 cm³/mol. The van der Waals surface area contributed by atoms with E-state index in [1.165, 1.54) is 32.1 Å². The van der Waals surface area contributed by atoms with Crippen LogP contribution in [0, 0.1) is 0 Å². The standard InChI is InChI=1S/C9H21NP.2C6H6S.C5H10.Ti/c1-7(2)11(10,8(3)4)9(5)6;2*7-6-4-2-1-3-5-6;1-2-4-5-3-1;/h7-9H,1-6H3;2*1-5,7H;1-5H2;/q-1;;;;+4/p-2.